The van der Waals surface area contributed by atoms with Crippen LogP contribution in [0.25, 0.3) is 0 Å². The van der Waals surface area contributed by atoms with Crippen LogP contribution in [0.1, 0.15) is 26.7 Å². The van der Waals surface area contributed by atoms with Gasteiger partial charge in [-0.2, -0.15) is 0 Å². The van der Waals surface area contributed by atoms with Crippen LogP contribution in [0.4, 0.5) is 8.78 Å². The standard InChI is InChI=1S/C15H21F2N3O2/c1-9(2)13(18)15(21)20-5-3-11(4-6-20)22-14-12(17)7-10(16)8-19-14/h7-9,11,13H,3-6,18H2,1-2H3/t13-/m0/s1. The number of aromatic nitrogens is 1. The van der Waals surface area contributed by atoms with Crippen LogP contribution in [0.5, 0.6) is 5.88 Å². The SMILES string of the molecule is CC(C)[C@H](N)C(=O)N1CCC(Oc2ncc(F)cc2F)CC1. The summed E-state index contributed by atoms with van der Waals surface area (Å²) < 4.78 is 31.7. The molecule has 2 heterocycles. The van der Waals surface area contributed by atoms with Crippen molar-refractivity contribution in [2.75, 3.05) is 13.1 Å². The number of ether oxygens (including phenoxy) is 1. The fourth-order valence-corrected chi connectivity index (χ4v) is 2.34. The third-order valence-corrected chi connectivity index (χ3v) is 3.81. The van der Waals surface area contributed by atoms with E-state index in [0.29, 0.717) is 25.9 Å². The molecular formula is C15H21F2N3O2. The number of hydrogen-bond acceptors (Lipinski definition) is 4. The van der Waals surface area contributed by atoms with E-state index in [1.807, 2.05) is 13.8 Å². The number of pyridine rings is 1. The largest absolute Gasteiger partial charge is 0.472 e. The molecule has 1 aliphatic heterocycles. The Kier molecular flexibility index (Phi) is 5.28. The number of amides is 1. The molecule has 2 N–H and O–H groups in total. The summed E-state index contributed by atoms with van der Waals surface area (Å²) in [5, 5.41) is 0. The summed E-state index contributed by atoms with van der Waals surface area (Å²) in [6, 6.07) is 0.233. The quantitative estimate of drug-likeness (QED) is 0.919. The topological polar surface area (TPSA) is 68.5 Å². The maximum atomic E-state index is 13.5. The van der Waals surface area contributed by atoms with Crippen molar-refractivity contribution in [1.29, 1.82) is 0 Å². The number of carbonyl (C=O) groups is 1. The van der Waals surface area contributed by atoms with Crippen molar-refractivity contribution < 1.29 is 18.3 Å². The zero-order valence-electron chi connectivity index (χ0n) is 12.8. The Hall–Kier alpha value is -1.76. The number of rotatable bonds is 4. The predicted octanol–water partition coefficient (Wildman–Crippen LogP) is 1.71. The van der Waals surface area contributed by atoms with Crippen LogP contribution in [0.15, 0.2) is 12.3 Å². The normalized spacial score (nSPS) is 17.6. The van der Waals surface area contributed by atoms with Gasteiger partial charge in [-0.05, 0) is 5.92 Å². The molecule has 1 saturated heterocycles. The molecule has 0 bridgehead atoms. The Balaban J connectivity index is 1.88. The minimum atomic E-state index is -0.819. The second kappa shape index (κ2) is 7.00. The first-order valence-corrected chi connectivity index (χ1v) is 7.40. The Morgan fingerprint density at radius 3 is 2.59 bits per heavy atom. The smallest absolute Gasteiger partial charge is 0.250 e. The molecule has 0 aliphatic carbocycles. The molecule has 0 unspecified atom stereocenters. The van der Waals surface area contributed by atoms with Crippen molar-refractivity contribution in [2.45, 2.75) is 38.8 Å². The van der Waals surface area contributed by atoms with Crippen LogP contribution in [0.3, 0.4) is 0 Å². The van der Waals surface area contributed by atoms with Crippen LogP contribution in [-0.2, 0) is 4.79 Å². The maximum absolute atomic E-state index is 13.5. The fourth-order valence-electron chi connectivity index (χ4n) is 2.34. The summed E-state index contributed by atoms with van der Waals surface area (Å²) in [7, 11) is 0. The maximum Gasteiger partial charge on any atom is 0.250 e. The Labute approximate surface area is 128 Å². The van der Waals surface area contributed by atoms with Crippen molar-refractivity contribution in [2.24, 2.45) is 11.7 Å². The Bertz CT molecular complexity index is 532. The van der Waals surface area contributed by atoms with E-state index in [0.717, 1.165) is 12.3 Å². The third kappa shape index (κ3) is 3.91. The van der Waals surface area contributed by atoms with Crippen molar-refractivity contribution >= 4 is 5.91 Å². The highest BCUT2D eigenvalue weighted by Gasteiger charge is 2.29. The second-order valence-corrected chi connectivity index (χ2v) is 5.85. The molecule has 1 aromatic rings. The average molecular weight is 313 g/mol. The van der Waals surface area contributed by atoms with Gasteiger partial charge in [0.15, 0.2) is 5.82 Å². The highest BCUT2D eigenvalue weighted by Crippen LogP contribution is 2.21. The Morgan fingerprint density at radius 2 is 2.05 bits per heavy atom. The summed E-state index contributed by atoms with van der Waals surface area (Å²) in [4.78, 5) is 17.5. The number of hydrogen-bond donors (Lipinski definition) is 1. The van der Waals surface area contributed by atoms with Gasteiger partial charge in [0.1, 0.15) is 11.9 Å². The molecule has 122 valence electrons. The van der Waals surface area contributed by atoms with Crippen LogP contribution < -0.4 is 10.5 Å². The number of nitrogens with two attached hydrogens (primary N) is 1. The van der Waals surface area contributed by atoms with E-state index in [1.165, 1.54) is 0 Å². The molecular weight excluding hydrogens is 292 g/mol. The summed E-state index contributed by atoms with van der Waals surface area (Å²) in [5.74, 6) is -1.75. The van der Waals surface area contributed by atoms with Crippen LogP contribution in [-0.4, -0.2) is 41.0 Å². The lowest BCUT2D eigenvalue weighted by Crippen LogP contribution is -2.50. The molecule has 1 atom stereocenters. The summed E-state index contributed by atoms with van der Waals surface area (Å²) in [5.41, 5.74) is 5.87. The molecule has 1 amide bonds. The van der Waals surface area contributed by atoms with E-state index in [2.05, 4.69) is 4.98 Å². The molecule has 1 fully saturated rings. The van der Waals surface area contributed by atoms with Gasteiger partial charge in [-0.1, -0.05) is 13.8 Å². The van der Waals surface area contributed by atoms with E-state index in [4.69, 9.17) is 10.5 Å². The number of halogens is 2. The van der Waals surface area contributed by atoms with Crippen LogP contribution in [0, 0.1) is 17.6 Å². The van der Waals surface area contributed by atoms with Gasteiger partial charge in [-0.15, -0.1) is 0 Å². The summed E-state index contributed by atoms with van der Waals surface area (Å²) in [6.07, 6.45) is 1.80. The van der Waals surface area contributed by atoms with Crippen molar-refractivity contribution in [1.82, 2.24) is 9.88 Å². The van der Waals surface area contributed by atoms with Gasteiger partial charge in [-0.25, -0.2) is 13.8 Å². The molecule has 1 aromatic heterocycles. The minimum absolute atomic E-state index is 0.0699. The molecule has 5 nitrogen and oxygen atoms in total. The average Bonchev–Trinajstić information content (AvgIpc) is 2.49. The van der Waals surface area contributed by atoms with Gasteiger partial charge < -0.3 is 15.4 Å². The van der Waals surface area contributed by atoms with Gasteiger partial charge in [-0.3, -0.25) is 4.79 Å². The summed E-state index contributed by atoms with van der Waals surface area (Å²) >= 11 is 0. The second-order valence-electron chi connectivity index (χ2n) is 5.85. The first-order valence-electron chi connectivity index (χ1n) is 7.40. The number of likely N-dealkylation sites (tertiary alicyclic amines) is 1. The first-order chi connectivity index (χ1) is 10.4. The van der Waals surface area contributed by atoms with Gasteiger partial charge in [0.2, 0.25) is 5.91 Å². The lowest BCUT2D eigenvalue weighted by Gasteiger charge is -2.34. The van der Waals surface area contributed by atoms with E-state index >= 15 is 0 Å². The molecule has 7 heteroatoms. The van der Waals surface area contributed by atoms with Gasteiger partial charge in [0.25, 0.3) is 5.88 Å². The lowest BCUT2D eigenvalue weighted by atomic mass is 10.0. The van der Waals surface area contributed by atoms with Crippen molar-refractivity contribution in [3.8, 4) is 5.88 Å². The van der Waals surface area contributed by atoms with Gasteiger partial charge in [0, 0.05) is 32.0 Å². The molecule has 22 heavy (non-hydrogen) atoms. The van der Waals surface area contributed by atoms with E-state index in [9.17, 15) is 13.6 Å². The summed E-state index contributed by atoms with van der Waals surface area (Å²) in [6.45, 7) is 4.82. The Morgan fingerprint density at radius 1 is 1.41 bits per heavy atom. The molecule has 0 saturated carbocycles. The zero-order chi connectivity index (χ0) is 16.3. The lowest BCUT2D eigenvalue weighted by molar-refractivity contribution is -0.135. The minimum Gasteiger partial charge on any atom is -0.472 e. The number of nitrogens with zero attached hydrogens (tertiary/aromatic N) is 2. The molecule has 0 spiro atoms. The van der Waals surface area contributed by atoms with Crippen molar-refractivity contribution in [3.05, 3.63) is 23.9 Å². The van der Waals surface area contributed by atoms with E-state index in [-0.39, 0.29) is 23.8 Å². The fraction of sp³-hybridized carbons (Fsp3) is 0.600. The predicted molar refractivity (Wildman–Crippen MR) is 77.2 cm³/mol. The molecule has 0 aromatic carbocycles. The van der Waals surface area contributed by atoms with Crippen LogP contribution in [0.2, 0.25) is 0 Å². The van der Waals surface area contributed by atoms with Gasteiger partial charge >= 0.3 is 0 Å². The monoisotopic (exact) mass is 313 g/mol. The number of carbonyl (C=O) groups excluding carboxylic acids is 1. The highest BCUT2D eigenvalue weighted by atomic mass is 19.1. The van der Waals surface area contributed by atoms with Crippen LogP contribution >= 0.6 is 0 Å². The third-order valence-electron chi connectivity index (χ3n) is 3.81. The van der Waals surface area contributed by atoms with E-state index < -0.39 is 17.7 Å². The highest BCUT2D eigenvalue weighted by molar-refractivity contribution is 5.82. The molecule has 2 rings (SSSR count). The first kappa shape index (κ1) is 16.6. The molecule has 0 radical (unpaired) electrons. The van der Waals surface area contributed by atoms with Gasteiger partial charge in [0.05, 0.1) is 12.2 Å². The zero-order valence-corrected chi connectivity index (χ0v) is 12.8. The van der Waals surface area contributed by atoms with E-state index in [1.54, 1.807) is 4.90 Å². The molecule has 1 aliphatic rings. The number of piperidine rings is 1. The van der Waals surface area contributed by atoms with Crippen molar-refractivity contribution in [3.63, 3.8) is 0 Å².